The third kappa shape index (κ3) is 4.73. The summed E-state index contributed by atoms with van der Waals surface area (Å²) in [5.74, 6) is 0.426. The molecule has 0 radical (unpaired) electrons. The zero-order valence-electron chi connectivity index (χ0n) is 16.7. The van der Waals surface area contributed by atoms with Crippen molar-refractivity contribution in [2.24, 2.45) is 5.92 Å². The van der Waals surface area contributed by atoms with Crippen LogP contribution in [0.1, 0.15) is 12.8 Å². The fourth-order valence-electron chi connectivity index (χ4n) is 4.16. The van der Waals surface area contributed by atoms with Crippen LogP contribution < -0.4 is 5.32 Å². The van der Waals surface area contributed by atoms with Crippen molar-refractivity contribution in [2.75, 3.05) is 51.6 Å². The molecule has 0 bridgehead atoms. The first-order chi connectivity index (χ1) is 14.0. The van der Waals surface area contributed by atoms with Gasteiger partial charge < -0.3 is 20.0 Å². The van der Waals surface area contributed by atoms with Crippen LogP contribution in [0.3, 0.4) is 0 Å². The zero-order chi connectivity index (χ0) is 20.4. The van der Waals surface area contributed by atoms with E-state index in [2.05, 4.69) is 37.1 Å². The van der Waals surface area contributed by atoms with E-state index in [-0.39, 0.29) is 11.8 Å². The van der Waals surface area contributed by atoms with E-state index in [0.29, 0.717) is 5.91 Å². The van der Waals surface area contributed by atoms with E-state index in [1.165, 1.54) is 0 Å². The predicted molar refractivity (Wildman–Crippen MR) is 117 cm³/mol. The molecule has 2 fully saturated rings. The molecular weight excluding hydrogens is 432 g/mol. The van der Waals surface area contributed by atoms with Crippen LogP contribution in [0, 0.1) is 5.92 Å². The van der Waals surface area contributed by atoms with Gasteiger partial charge in [-0.15, -0.1) is 0 Å². The average molecular weight is 459 g/mol. The molecule has 2 amide bonds. The molecule has 0 aromatic heterocycles. The normalized spacial score (nSPS) is 20.6. The van der Waals surface area contributed by atoms with Crippen LogP contribution >= 0.6 is 15.9 Å². The average Bonchev–Trinajstić information content (AvgIpc) is 2.71. The minimum atomic E-state index is -0.0448. The fraction of sp³-hybridized carbons (Fsp3) is 0.455. The van der Waals surface area contributed by atoms with Crippen LogP contribution in [-0.2, 0) is 9.59 Å². The number of carbonyl (C=O) groups is 2. The Balaban J connectivity index is 1.33. The summed E-state index contributed by atoms with van der Waals surface area (Å²) in [7, 11) is 2.05. The van der Waals surface area contributed by atoms with E-state index in [9.17, 15) is 9.59 Å². The molecule has 2 saturated heterocycles. The number of rotatable bonds is 4. The van der Waals surface area contributed by atoms with Crippen molar-refractivity contribution < 1.29 is 9.59 Å². The Kier molecular flexibility index (Phi) is 6.06. The minimum absolute atomic E-state index is 0.0448. The molecule has 7 heteroatoms. The Morgan fingerprint density at radius 3 is 2.59 bits per heavy atom. The summed E-state index contributed by atoms with van der Waals surface area (Å²) in [5.41, 5.74) is 2.69. The number of halogens is 1. The van der Waals surface area contributed by atoms with Gasteiger partial charge in [-0.1, -0.05) is 28.1 Å². The van der Waals surface area contributed by atoms with Gasteiger partial charge in [0.2, 0.25) is 5.91 Å². The van der Waals surface area contributed by atoms with Crippen molar-refractivity contribution in [3.8, 4) is 0 Å². The van der Waals surface area contributed by atoms with Gasteiger partial charge in [-0.2, -0.15) is 0 Å². The Bertz CT molecular complexity index is 852. The van der Waals surface area contributed by atoms with Crippen LogP contribution in [0.2, 0.25) is 0 Å². The predicted octanol–water partition coefficient (Wildman–Crippen LogP) is 2.70. The number of piperazine rings is 1. The van der Waals surface area contributed by atoms with Crippen LogP contribution in [0.25, 0.3) is 0 Å². The van der Waals surface area contributed by atoms with Crippen molar-refractivity contribution in [1.82, 2.24) is 14.7 Å². The summed E-state index contributed by atoms with van der Waals surface area (Å²) in [6.07, 6.45) is 5.82. The lowest BCUT2D eigenvalue weighted by atomic mass is 9.98. The SMILES string of the molecule is CN1CC(C(=O)N2CCN(C3=CCCC(C(=O)Nc4cccc(Br)c4)=C3)CC2)C1. The molecule has 1 aromatic rings. The number of anilines is 1. The van der Waals surface area contributed by atoms with Gasteiger partial charge in [0.15, 0.2) is 0 Å². The molecule has 3 aliphatic rings. The lowest BCUT2D eigenvalue weighted by Crippen LogP contribution is -2.56. The number of hydrogen-bond acceptors (Lipinski definition) is 4. The largest absolute Gasteiger partial charge is 0.368 e. The van der Waals surface area contributed by atoms with Gasteiger partial charge in [-0.25, -0.2) is 0 Å². The number of benzene rings is 1. The molecule has 2 heterocycles. The number of amides is 2. The van der Waals surface area contributed by atoms with Crippen LogP contribution in [-0.4, -0.2) is 72.8 Å². The first-order valence-electron chi connectivity index (χ1n) is 10.2. The van der Waals surface area contributed by atoms with Crippen LogP contribution in [0.5, 0.6) is 0 Å². The highest BCUT2D eigenvalue weighted by Gasteiger charge is 2.34. The smallest absolute Gasteiger partial charge is 0.251 e. The molecule has 1 aliphatic carbocycles. The summed E-state index contributed by atoms with van der Waals surface area (Å²) in [6.45, 7) is 4.90. The monoisotopic (exact) mass is 458 g/mol. The molecule has 154 valence electrons. The molecule has 6 nitrogen and oxygen atoms in total. The van der Waals surface area contributed by atoms with E-state index in [4.69, 9.17) is 0 Å². The summed E-state index contributed by atoms with van der Waals surface area (Å²) in [4.78, 5) is 31.7. The van der Waals surface area contributed by atoms with Gasteiger partial charge in [-0.3, -0.25) is 9.59 Å². The summed E-state index contributed by atoms with van der Waals surface area (Å²) in [5, 5.41) is 2.99. The highest BCUT2D eigenvalue weighted by Crippen LogP contribution is 2.24. The number of allylic oxidation sites excluding steroid dienone is 2. The topological polar surface area (TPSA) is 55.9 Å². The van der Waals surface area contributed by atoms with E-state index in [1.54, 1.807) is 0 Å². The molecule has 1 N–H and O–H groups in total. The Morgan fingerprint density at radius 1 is 1.14 bits per heavy atom. The molecule has 0 atom stereocenters. The van der Waals surface area contributed by atoms with E-state index >= 15 is 0 Å². The van der Waals surface area contributed by atoms with Crippen molar-refractivity contribution >= 4 is 33.4 Å². The van der Waals surface area contributed by atoms with Crippen molar-refractivity contribution in [3.63, 3.8) is 0 Å². The Morgan fingerprint density at radius 2 is 1.90 bits per heavy atom. The van der Waals surface area contributed by atoms with Crippen LogP contribution in [0.4, 0.5) is 5.69 Å². The van der Waals surface area contributed by atoms with Crippen molar-refractivity contribution in [1.29, 1.82) is 0 Å². The number of nitrogens with one attached hydrogen (secondary N) is 1. The first kappa shape index (κ1) is 20.2. The van der Waals surface area contributed by atoms with Crippen LogP contribution in [0.15, 0.2) is 52.2 Å². The summed E-state index contributed by atoms with van der Waals surface area (Å²) in [6, 6.07) is 7.62. The molecule has 1 aromatic carbocycles. The minimum Gasteiger partial charge on any atom is -0.368 e. The maximum atomic E-state index is 12.7. The third-order valence-corrected chi connectivity index (χ3v) is 6.33. The van der Waals surface area contributed by atoms with Gasteiger partial charge in [-0.05, 0) is 44.2 Å². The lowest BCUT2D eigenvalue weighted by Gasteiger charge is -2.42. The highest BCUT2D eigenvalue weighted by molar-refractivity contribution is 9.10. The van der Waals surface area contributed by atoms with Gasteiger partial charge >= 0.3 is 0 Å². The summed E-state index contributed by atoms with van der Waals surface area (Å²) >= 11 is 3.43. The molecule has 4 rings (SSSR count). The van der Waals surface area contributed by atoms with E-state index in [0.717, 1.165) is 73.5 Å². The number of likely N-dealkylation sites (tertiary alicyclic amines) is 1. The second-order valence-corrected chi connectivity index (χ2v) is 8.95. The maximum Gasteiger partial charge on any atom is 0.251 e. The molecule has 0 unspecified atom stereocenters. The molecule has 0 spiro atoms. The van der Waals surface area contributed by atoms with Gasteiger partial charge in [0.05, 0.1) is 5.92 Å². The first-order valence-corrected chi connectivity index (χ1v) is 11.0. The molecule has 29 heavy (non-hydrogen) atoms. The third-order valence-electron chi connectivity index (χ3n) is 5.83. The van der Waals surface area contributed by atoms with Gasteiger partial charge in [0.1, 0.15) is 0 Å². The lowest BCUT2D eigenvalue weighted by molar-refractivity contribution is -0.142. The molecular formula is C22H27BrN4O2. The quantitative estimate of drug-likeness (QED) is 0.753. The zero-order valence-corrected chi connectivity index (χ0v) is 18.3. The fourth-order valence-corrected chi connectivity index (χ4v) is 4.56. The Hall–Kier alpha value is -2.12. The van der Waals surface area contributed by atoms with E-state index in [1.807, 2.05) is 42.3 Å². The van der Waals surface area contributed by atoms with E-state index < -0.39 is 0 Å². The van der Waals surface area contributed by atoms with Crippen molar-refractivity contribution in [3.05, 3.63) is 52.2 Å². The maximum absolute atomic E-state index is 12.7. The second-order valence-electron chi connectivity index (χ2n) is 8.03. The second kappa shape index (κ2) is 8.71. The Labute approximate surface area is 180 Å². The summed E-state index contributed by atoms with van der Waals surface area (Å²) < 4.78 is 0.939. The number of nitrogens with zero attached hydrogens (tertiary/aromatic N) is 3. The highest BCUT2D eigenvalue weighted by atomic mass is 79.9. The number of hydrogen-bond donors (Lipinski definition) is 1. The molecule has 0 saturated carbocycles. The molecule has 2 aliphatic heterocycles. The van der Waals surface area contributed by atoms with Gasteiger partial charge in [0.25, 0.3) is 5.91 Å². The standard InChI is InChI=1S/C22H27BrN4O2/c1-25-14-17(15-25)22(29)27-10-8-26(9-11-27)20-7-2-4-16(12-20)21(28)24-19-6-3-5-18(23)13-19/h3,5-7,12-13,17H,2,4,8-11,14-15H2,1H3,(H,24,28). The van der Waals surface area contributed by atoms with Crippen molar-refractivity contribution in [2.45, 2.75) is 12.8 Å². The number of carbonyl (C=O) groups excluding carboxylic acids is 2. The van der Waals surface area contributed by atoms with Gasteiger partial charge in [0, 0.05) is 60.7 Å².